The second kappa shape index (κ2) is 8.89. The molecule has 1 saturated heterocycles. The van der Waals surface area contributed by atoms with Gasteiger partial charge in [-0.25, -0.2) is 13.1 Å². The lowest BCUT2D eigenvalue weighted by atomic mass is 10.1. The molecule has 1 heterocycles. The van der Waals surface area contributed by atoms with Crippen LogP contribution in [0.4, 0.5) is 0 Å². The summed E-state index contributed by atoms with van der Waals surface area (Å²) in [7, 11) is -3.12. The van der Waals surface area contributed by atoms with Crippen molar-refractivity contribution in [2.24, 2.45) is 0 Å². The molecule has 1 aliphatic rings. The summed E-state index contributed by atoms with van der Waals surface area (Å²) in [5, 5.41) is 3.23. The highest BCUT2D eigenvalue weighted by Gasteiger charge is 2.22. The predicted octanol–water partition coefficient (Wildman–Crippen LogP) is 0.780. The molecule has 1 aliphatic heterocycles. The number of hydrogen-bond acceptors (Lipinski definition) is 4. The molecule has 0 spiro atoms. The molecule has 0 radical (unpaired) electrons. The Labute approximate surface area is 118 Å². The largest absolute Gasteiger partial charge is 0.317 e. The van der Waals surface area contributed by atoms with Crippen LogP contribution in [-0.4, -0.2) is 57.8 Å². The molecular formula is C13H29N3O2S. The predicted molar refractivity (Wildman–Crippen MR) is 79.8 cm³/mol. The van der Waals surface area contributed by atoms with Crippen LogP contribution in [-0.2, 0) is 10.0 Å². The smallest absolute Gasteiger partial charge is 0.211 e. The van der Waals surface area contributed by atoms with Crippen molar-refractivity contribution in [3.63, 3.8) is 0 Å². The summed E-state index contributed by atoms with van der Waals surface area (Å²) in [6.07, 6.45) is 3.81. The Morgan fingerprint density at radius 3 is 2.74 bits per heavy atom. The van der Waals surface area contributed by atoms with Gasteiger partial charge in [-0.2, -0.15) is 0 Å². The number of nitrogens with zero attached hydrogens (tertiary/aromatic N) is 1. The van der Waals surface area contributed by atoms with E-state index in [9.17, 15) is 8.42 Å². The first-order chi connectivity index (χ1) is 9.07. The van der Waals surface area contributed by atoms with Crippen LogP contribution in [0.1, 0.15) is 39.5 Å². The topological polar surface area (TPSA) is 61.4 Å². The molecule has 19 heavy (non-hydrogen) atoms. The normalized spacial score (nSPS) is 21.7. The van der Waals surface area contributed by atoms with Crippen molar-refractivity contribution < 1.29 is 8.42 Å². The van der Waals surface area contributed by atoms with Gasteiger partial charge in [-0.3, -0.25) is 0 Å². The van der Waals surface area contributed by atoms with E-state index in [2.05, 4.69) is 28.8 Å². The summed E-state index contributed by atoms with van der Waals surface area (Å²) in [5.74, 6) is 0.229. The summed E-state index contributed by atoms with van der Waals surface area (Å²) in [4.78, 5) is 2.31. The Hall–Kier alpha value is -0.170. The third-order valence-electron chi connectivity index (χ3n) is 3.49. The molecule has 1 fully saturated rings. The summed E-state index contributed by atoms with van der Waals surface area (Å²) < 4.78 is 26.8. The molecule has 0 aromatic rings. The van der Waals surface area contributed by atoms with E-state index in [4.69, 9.17) is 0 Å². The van der Waals surface area contributed by atoms with E-state index in [0.29, 0.717) is 6.42 Å². The van der Waals surface area contributed by atoms with E-state index in [0.717, 1.165) is 52.0 Å². The van der Waals surface area contributed by atoms with Gasteiger partial charge in [0.15, 0.2) is 0 Å². The molecule has 1 unspecified atom stereocenters. The summed E-state index contributed by atoms with van der Waals surface area (Å²) in [6.45, 7) is 8.91. The molecule has 0 aliphatic carbocycles. The summed E-state index contributed by atoms with van der Waals surface area (Å²) >= 11 is 0. The maximum atomic E-state index is 12.0. The van der Waals surface area contributed by atoms with Gasteiger partial charge in [-0.15, -0.1) is 0 Å². The van der Waals surface area contributed by atoms with Gasteiger partial charge >= 0.3 is 0 Å². The van der Waals surface area contributed by atoms with E-state index >= 15 is 0 Å². The van der Waals surface area contributed by atoms with Crippen molar-refractivity contribution in [3.05, 3.63) is 0 Å². The SMILES string of the molecule is CCCNCCCS(=O)(=O)NC1CCCN(CC)C1. The number of rotatable bonds is 9. The van der Waals surface area contributed by atoms with Crippen molar-refractivity contribution in [2.45, 2.75) is 45.6 Å². The Balaban J connectivity index is 2.25. The second-order valence-corrected chi connectivity index (χ2v) is 7.15. The van der Waals surface area contributed by atoms with E-state index in [1.54, 1.807) is 0 Å². The fourth-order valence-electron chi connectivity index (χ4n) is 2.44. The van der Waals surface area contributed by atoms with Crippen LogP contribution >= 0.6 is 0 Å². The van der Waals surface area contributed by atoms with E-state index in [-0.39, 0.29) is 11.8 Å². The molecule has 114 valence electrons. The van der Waals surface area contributed by atoms with E-state index in [1.165, 1.54) is 0 Å². The average molecular weight is 291 g/mol. The van der Waals surface area contributed by atoms with Gasteiger partial charge < -0.3 is 10.2 Å². The Kier molecular flexibility index (Phi) is 7.90. The lowest BCUT2D eigenvalue weighted by Gasteiger charge is -2.32. The van der Waals surface area contributed by atoms with Crippen molar-refractivity contribution in [1.82, 2.24) is 14.9 Å². The number of hydrogen-bond donors (Lipinski definition) is 2. The van der Waals surface area contributed by atoms with Crippen LogP contribution in [0, 0.1) is 0 Å². The van der Waals surface area contributed by atoms with Crippen molar-refractivity contribution in [3.8, 4) is 0 Å². The number of sulfonamides is 1. The van der Waals surface area contributed by atoms with Crippen LogP contribution in [0.5, 0.6) is 0 Å². The fraction of sp³-hybridized carbons (Fsp3) is 1.00. The van der Waals surface area contributed by atoms with Crippen LogP contribution in [0.2, 0.25) is 0 Å². The van der Waals surface area contributed by atoms with Crippen LogP contribution in [0.25, 0.3) is 0 Å². The zero-order chi connectivity index (χ0) is 14.1. The number of nitrogens with one attached hydrogen (secondary N) is 2. The van der Waals surface area contributed by atoms with E-state index < -0.39 is 10.0 Å². The van der Waals surface area contributed by atoms with Gasteiger partial charge in [0.1, 0.15) is 0 Å². The first-order valence-corrected chi connectivity index (χ1v) is 9.15. The summed E-state index contributed by atoms with van der Waals surface area (Å²) in [5.41, 5.74) is 0. The number of likely N-dealkylation sites (N-methyl/N-ethyl adjacent to an activating group) is 1. The average Bonchev–Trinajstić information content (AvgIpc) is 2.38. The second-order valence-electron chi connectivity index (χ2n) is 5.27. The Morgan fingerprint density at radius 2 is 2.05 bits per heavy atom. The molecule has 6 heteroatoms. The fourth-order valence-corrected chi connectivity index (χ4v) is 3.78. The van der Waals surface area contributed by atoms with Crippen LogP contribution in [0.15, 0.2) is 0 Å². The van der Waals surface area contributed by atoms with Crippen molar-refractivity contribution >= 4 is 10.0 Å². The number of likely N-dealkylation sites (tertiary alicyclic amines) is 1. The Bertz CT molecular complexity index is 333. The lowest BCUT2D eigenvalue weighted by molar-refractivity contribution is 0.211. The number of piperidine rings is 1. The molecule has 0 amide bonds. The molecular weight excluding hydrogens is 262 g/mol. The van der Waals surface area contributed by atoms with Gasteiger partial charge in [0, 0.05) is 12.6 Å². The van der Waals surface area contributed by atoms with Crippen molar-refractivity contribution in [1.29, 1.82) is 0 Å². The standard InChI is InChI=1S/C13H29N3O2S/c1-3-8-14-9-6-11-19(17,18)15-13-7-5-10-16(4-2)12-13/h13-15H,3-12H2,1-2H3. The zero-order valence-electron chi connectivity index (χ0n) is 12.3. The minimum atomic E-state index is -3.12. The lowest BCUT2D eigenvalue weighted by Crippen LogP contribution is -2.48. The van der Waals surface area contributed by atoms with Crippen LogP contribution in [0.3, 0.4) is 0 Å². The molecule has 0 aromatic heterocycles. The highest BCUT2D eigenvalue weighted by Crippen LogP contribution is 2.10. The van der Waals surface area contributed by atoms with Gasteiger partial charge in [-0.05, 0) is 51.9 Å². The highest BCUT2D eigenvalue weighted by atomic mass is 32.2. The maximum Gasteiger partial charge on any atom is 0.211 e. The molecule has 2 N–H and O–H groups in total. The first-order valence-electron chi connectivity index (χ1n) is 7.50. The monoisotopic (exact) mass is 291 g/mol. The molecule has 0 aromatic carbocycles. The Morgan fingerprint density at radius 1 is 1.26 bits per heavy atom. The molecule has 5 nitrogen and oxygen atoms in total. The van der Waals surface area contributed by atoms with Gasteiger partial charge in [-0.1, -0.05) is 13.8 Å². The first kappa shape index (κ1) is 16.9. The maximum absolute atomic E-state index is 12.0. The van der Waals surface area contributed by atoms with Gasteiger partial charge in [0.25, 0.3) is 0 Å². The van der Waals surface area contributed by atoms with Gasteiger partial charge in [0.2, 0.25) is 10.0 Å². The molecule has 0 saturated carbocycles. The minimum absolute atomic E-state index is 0.0994. The third-order valence-corrected chi connectivity index (χ3v) is 5.01. The van der Waals surface area contributed by atoms with Gasteiger partial charge in [0.05, 0.1) is 5.75 Å². The molecule has 0 bridgehead atoms. The highest BCUT2D eigenvalue weighted by molar-refractivity contribution is 7.89. The molecule has 1 atom stereocenters. The molecule has 1 rings (SSSR count). The van der Waals surface area contributed by atoms with Crippen LogP contribution < -0.4 is 10.0 Å². The quantitative estimate of drug-likeness (QED) is 0.616. The summed E-state index contributed by atoms with van der Waals surface area (Å²) in [6, 6.07) is 0.0994. The van der Waals surface area contributed by atoms with Crippen molar-refractivity contribution in [2.75, 3.05) is 38.5 Å². The van der Waals surface area contributed by atoms with E-state index in [1.807, 2.05) is 0 Å². The third kappa shape index (κ3) is 7.25. The zero-order valence-corrected chi connectivity index (χ0v) is 13.1. The minimum Gasteiger partial charge on any atom is -0.317 e.